The van der Waals surface area contributed by atoms with E-state index in [2.05, 4.69) is 15.8 Å². The molecular weight excluding hydrogens is 397 g/mol. The number of benzene rings is 2. The zero-order chi connectivity index (χ0) is 19.9. The second-order valence-corrected chi connectivity index (χ2v) is 7.53. The first-order valence-electron chi connectivity index (χ1n) is 9.23. The van der Waals surface area contributed by atoms with Crippen LogP contribution < -0.4 is 10.7 Å². The van der Waals surface area contributed by atoms with Crippen molar-refractivity contribution in [2.45, 2.75) is 32.1 Å². The first-order chi connectivity index (χ1) is 13.5. The lowest BCUT2D eigenvalue weighted by Gasteiger charge is -2.20. The number of nitrogens with one attached hydrogen (secondary N) is 2. The smallest absolute Gasteiger partial charge is 0.271 e. The molecule has 28 heavy (non-hydrogen) atoms. The Morgan fingerprint density at radius 3 is 2.43 bits per heavy atom. The number of nitrogens with zero attached hydrogens (tertiary/aromatic N) is 1. The molecule has 7 heteroatoms. The summed E-state index contributed by atoms with van der Waals surface area (Å²) < 4.78 is 0. The molecule has 0 atom stereocenters. The first-order valence-corrected chi connectivity index (χ1v) is 9.98. The van der Waals surface area contributed by atoms with E-state index in [0.717, 1.165) is 25.7 Å². The van der Waals surface area contributed by atoms with Gasteiger partial charge in [-0.15, -0.1) is 0 Å². The molecule has 3 rings (SSSR count). The van der Waals surface area contributed by atoms with E-state index in [4.69, 9.17) is 23.2 Å². The van der Waals surface area contributed by atoms with Gasteiger partial charge in [-0.2, -0.15) is 5.10 Å². The fraction of sp³-hybridized carbons (Fsp3) is 0.286. The van der Waals surface area contributed by atoms with Crippen LogP contribution in [0.3, 0.4) is 0 Å². The number of hydrogen-bond donors (Lipinski definition) is 2. The van der Waals surface area contributed by atoms with Gasteiger partial charge in [0.2, 0.25) is 5.91 Å². The molecule has 146 valence electrons. The fourth-order valence-corrected chi connectivity index (χ4v) is 3.52. The number of anilines is 1. The number of hydrogen-bond acceptors (Lipinski definition) is 3. The van der Waals surface area contributed by atoms with Crippen LogP contribution >= 0.6 is 23.2 Å². The van der Waals surface area contributed by atoms with Gasteiger partial charge in [-0.1, -0.05) is 54.6 Å². The highest BCUT2D eigenvalue weighted by atomic mass is 35.5. The van der Waals surface area contributed by atoms with Crippen LogP contribution in [0.25, 0.3) is 0 Å². The summed E-state index contributed by atoms with van der Waals surface area (Å²) >= 11 is 12.0. The molecule has 5 nitrogen and oxygen atoms in total. The summed E-state index contributed by atoms with van der Waals surface area (Å²) in [4.78, 5) is 24.5. The first kappa shape index (κ1) is 20.4. The number of carbonyl (C=O) groups is 2. The van der Waals surface area contributed by atoms with Crippen molar-refractivity contribution in [2.24, 2.45) is 11.0 Å². The van der Waals surface area contributed by atoms with Gasteiger partial charge in [0.25, 0.3) is 5.91 Å². The highest BCUT2D eigenvalue weighted by Gasteiger charge is 2.21. The molecule has 1 aliphatic rings. The Bertz CT molecular complexity index is 876. The van der Waals surface area contributed by atoms with E-state index in [9.17, 15) is 9.59 Å². The van der Waals surface area contributed by atoms with E-state index in [1.165, 1.54) is 12.6 Å². The van der Waals surface area contributed by atoms with Crippen molar-refractivity contribution in [3.8, 4) is 0 Å². The van der Waals surface area contributed by atoms with Gasteiger partial charge >= 0.3 is 0 Å². The fourth-order valence-electron chi connectivity index (χ4n) is 3.16. The highest BCUT2D eigenvalue weighted by molar-refractivity contribution is 6.43. The second kappa shape index (κ2) is 9.71. The molecule has 0 spiro atoms. The molecule has 2 amide bonds. The Kier molecular flexibility index (Phi) is 7.06. The lowest BCUT2D eigenvalue weighted by Crippen LogP contribution is -2.24. The van der Waals surface area contributed by atoms with Crippen molar-refractivity contribution in [1.82, 2.24) is 5.43 Å². The van der Waals surface area contributed by atoms with Gasteiger partial charge in [0.15, 0.2) is 0 Å². The predicted molar refractivity (Wildman–Crippen MR) is 113 cm³/mol. The molecule has 1 saturated carbocycles. The molecular formula is C21H21Cl2N3O2. The number of rotatable bonds is 5. The average Bonchev–Trinajstić information content (AvgIpc) is 2.72. The van der Waals surface area contributed by atoms with E-state index in [1.54, 1.807) is 42.5 Å². The van der Waals surface area contributed by atoms with Crippen molar-refractivity contribution in [3.05, 3.63) is 63.6 Å². The second-order valence-electron chi connectivity index (χ2n) is 6.74. The van der Waals surface area contributed by atoms with Crippen molar-refractivity contribution in [3.63, 3.8) is 0 Å². The molecule has 0 aliphatic heterocycles. The standard InChI is InChI=1S/C21H21Cl2N3O2/c22-18-8-4-7-16(19(18)23)13-24-26-21(28)15-9-11-17(12-10-15)25-20(27)14-5-2-1-3-6-14/h4,7-14H,1-3,5-6H2,(H,25,27)(H,26,28)/b24-13+. The Morgan fingerprint density at radius 1 is 1.00 bits per heavy atom. The minimum Gasteiger partial charge on any atom is -0.326 e. The topological polar surface area (TPSA) is 70.6 Å². The molecule has 1 aliphatic carbocycles. The number of carbonyl (C=O) groups excluding carboxylic acids is 2. The lowest BCUT2D eigenvalue weighted by molar-refractivity contribution is -0.120. The Labute approximate surface area is 174 Å². The van der Waals surface area contributed by atoms with Gasteiger partial charge in [0.05, 0.1) is 16.3 Å². The molecule has 0 heterocycles. The van der Waals surface area contributed by atoms with Gasteiger partial charge in [-0.05, 0) is 43.2 Å². The molecule has 0 unspecified atom stereocenters. The minimum atomic E-state index is -0.362. The van der Waals surface area contributed by atoms with E-state index in [-0.39, 0.29) is 17.7 Å². The average molecular weight is 418 g/mol. The van der Waals surface area contributed by atoms with Crippen LogP contribution in [0.1, 0.15) is 48.0 Å². The van der Waals surface area contributed by atoms with Crippen LogP contribution in [-0.4, -0.2) is 18.0 Å². The van der Waals surface area contributed by atoms with E-state index in [1.807, 2.05) is 0 Å². The monoisotopic (exact) mass is 417 g/mol. The van der Waals surface area contributed by atoms with Crippen LogP contribution in [0.4, 0.5) is 5.69 Å². The molecule has 2 aromatic carbocycles. The number of amides is 2. The van der Waals surface area contributed by atoms with Crippen LogP contribution in [0.2, 0.25) is 10.0 Å². The lowest BCUT2D eigenvalue weighted by atomic mass is 9.88. The molecule has 0 bridgehead atoms. The van der Waals surface area contributed by atoms with E-state index < -0.39 is 0 Å². The normalized spacial score (nSPS) is 14.8. The van der Waals surface area contributed by atoms with Crippen molar-refractivity contribution >= 4 is 46.9 Å². The number of halogens is 2. The largest absolute Gasteiger partial charge is 0.326 e. The predicted octanol–water partition coefficient (Wildman–Crippen LogP) is 5.28. The van der Waals surface area contributed by atoms with E-state index >= 15 is 0 Å². The molecule has 0 radical (unpaired) electrons. The quantitative estimate of drug-likeness (QED) is 0.513. The van der Waals surface area contributed by atoms with Crippen LogP contribution in [0.5, 0.6) is 0 Å². The van der Waals surface area contributed by atoms with Gasteiger partial charge in [-0.3, -0.25) is 9.59 Å². The van der Waals surface area contributed by atoms with Crippen molar-refractivity contribution in [2.75, 3.05) is 5.32 Å². The van der Waals surface area contributed by atoms with Crippen LogP contribution in [-0.2, 0) is 4.79 Å². The maximum Gasteiger partial charge on any atom is 0.271 e. The summed E-state index contributed by atoms with van der Waals surface area (Å²) in [6.07, 6.45) is 6.75. The zero-order valence-electron chi connectivity index (χ0n) is 15.3. The third-order valence-corrected chi connectivity index (χ3v) is 5.58. The van der Waals surface area contributed by atoms with Gasteiger partial charge in [-0.25, -0.2) is 5.43 Å². The molecule has 0 aromatic heterocycles. The third-order valence-electron chi connectivity index (χ3n) is 4.74. The van der Waals surface area contributed by atoms with Gasteiger partial charge in [0.1, 0.15) is 0 Å². The molecule has 0 saturated heterocycles. The minimum absolute atomic E-state index is 0.0555. The maximum absolute atomic E-state index is 12.3. The van der Waals surface area contributed by atoms with Gasteiger partial charge in [0, 0.05) is 22.7 Å². The van der Waals surface area contributed by atoms with Crippen LogP contribution in [0.15, 0.2) is 47.6 Å². The molecule has 2 N–H and O–H groups in total. The van der Waals surface area contributed by atoms with Crippen molar-refractivity contribution in [1.29, 1.82) is 0 Å². The summed E-state index contributed by atoms with van der Waals surface area (Å²) in [5.74, 6) is -0.219. The highest BCUT2D eigenvalue weighted by Crippen LogP contribution is 2.25. The Balaban J connectivity index is 1.55. The summed E-state index contributed by atoms with van der Waals surface area (Å²) in [6.45, 7) is 0. The van der Waals surface area contributed by atoms with E-state index in [0.29, 0.717) is 26.9 Å². The summed E-state index contributed by atoms with van der Waals surface area (Å²) in [6, 6.07) is 11.9. The number of hydrazone groups is 1. The van der Waals surface area contributed by atoms with Crippen LogP contribution in [0, 0.1) is 5.92 Å². The Morgan fingerprint density at radius 2 is 1.71 bits per heavy atom. The SMILES string of the molecule is O=C(N/N=C/c1cccc(Cl)c1Cl)c1ccc(NC(=O)C2CCCCC2)cc1. The third kappa shape index (κ3) is 5.33. The maximum atomic E-state index is 12.3. The summed E-state index contributed by atoms with van der Waals surface area (Å²) in [5, 5.41) is 7.64. The Hall–Kier alpha value is -2.37. The van der Waals surface area contributed by atoms with Gasteiger partial charge < -0.3 is 5.32 Å². The summed E-state index contributed by atoms with van der Waals surface area (Å²) in [5.41, 5.74) is 4.17. The molecule has 1 fully saturated rings. The zero-order valence-corrected chi connectivity index (χ0v) is 16.8. The van der Waals surface area contributed by atoms with Crippen molar-refractivity contribution < 1.29 is 9.59 Å². The molecule has 2 aromatic rings. The summed E-state index contributed by atoms with van der Waals surface area (Å²) in [7, 11) is 0.